The number of hydrogen-bond donors (Lipinski definition) is 1. The molecule has 5 heteroatoms. The molecule has 0 radical (unpaired) electrons. The third kappa shape index (κ3) is 1.79. The number of fused-ring (bicyclic) bond motifs is 1. The number of halogens is 2. The Kier molecular flexibility index (Phi) is 2.80. The number of hydrogen-bond acceptors (Lipinski definition) is 2. The Bertz CT molecular complexity index is 746. The first-order valence-corrected chi connectivity index (χ1v) is 6.88. The minimum Gasteiger partial charge on any atom is -0.360 e. The fourth-order valence-electron chi connectivity index (χ4n) is 1.86. The lowest BCUT2D eigenvalue weighted by molar-refractivity contribution is 0.104. The Morgan fingerprint density at radius 2 is 2.17 bits per heavy atom. The maximum absolute atomic E-state index is 13.1. The van der Waals surface area contributed by atoms with Crippen molar-refractivity contribution in [3.8, 4) is 0 Å². The van der Waals surface area contributed by atoms with Crippen molar-refractivity contribution >= 4 is 44.0 Å². The first kappa shape index (κ1) is 11.6. The highest BCUT2D eigenvalue weighted by Crippen LogP contribution is 2.28. The standard InChI is InChI=1S/C13H7BrFNOS/c14-10-3-4-18-13(10)12(17)9-6-16-11-5-7(15)1-2-8(9)11/h1-6,16H. The number of rotatable bonds is 2. The van der Waals surface area contributed by atoms with Gasteiger partial charge in [-0.2, -0.15) is 0 Å². The zero-order valence-electron chi connectivity index (χ0n) is 9.04. The number of nitrogens with one attached hydrogen (secondary N) is 1. The lowest BCUT2D eigenvalue weighted by Crippen LogP contribution is -1.97. The van der Waals surface area contributed by atoms with Crippen molar-refractivity contribution in [2.24, 2.45) is 0 Å². The van der Waals surface area contributed by atoms with E-state index >= 15 is 0 Å². The van der Waals surface area contributed by atoms with Crippen LogP contribution in [0.3, 0.4) is 0 Å². The number of aromatic nitrogens is 1. The molecule has 2 aromatic heterocycles. The quantitative estimate of drug-likeness (QED) is 0.698. The predicted octanol–water partition coefficient (Wildman–Crippen LogP) is 4.36. The van der Waals surface area contributed by atoms with Gasteiger partial charge in [0, 0.05) is 27.1 Å². The molecule has 0 saturated heterocycles. The summed E-state index contributed by atoms with van der Waals surface area (Å²) in [7, 11) is 0. The van der Waals surface area contributed by atoms with Gasteiger partial charge in [-0.1, -0.05) is 0 Å². The van der Waals surface area contributed by atoms with Gasteiger partial charge in [0.05, 0.1) is 4.88 Å². The highest BCUT2D eigenvalue weighted by Gasteiger charge is 2.17. The zero-order chi connectivity index (χ0) is 12.7. The Labute approximate surface area is 115 Å². The molecule has 0 saturated carbocycles. The van der Waals surface area contributed by atoms with E-state index in [-0.39, 0.29) is 11.6 Å². The molecule has 0 aliphatic carbocycles. The molecule has 0 spiro atoms. The maximum atomic E-state index is 13.1. The van der Waals surface area contributed by atoms with Gasteiger partial charge in [-0.05, 0) is 45.6 Å². The molecule has 90 valence electrons. The molecule has 0 fully saturated rings. The number of H-pyrrole nitrogens is 1. The summed E-state index contributed by atoms with van der Waals surface area (Å²) in [6.45, 7) is 0. The highest BCUT2D eigenvalue weighted by atomic mass is 79.9. The normalized spacial score (nSPS) is 11.0. The minimum atomic E-state index is -0.319. The molecule has 1 aromatic carbocycles. The van der Waals surface area contributed by atoms with Crippen LogP contribution in [0.25, 0.3) is 10.9 Å². The largest absolute Gasteiger partial charge is 0.360 e. The molecule has 0 aliphatic heterocycles. The van der Waals surface area contributed by atoms with Crippen LogP contribution in [-0.2, 0) is 0 Å². The van der Waals surface area contributed by atoms with Gasteiger partial charge in [-0.3, -0.25) is 4.79 Å². The summed E-state index contributed by atoms with van der Waals surface area (Å²) < 4.78 is 13.9. The number of carbonyl (C=O) groups excluding carboxylic acids is 1. The van der Waals surface area contributed by atoms with Gasteiger partial charge in [0.25, 0.3) is 0 Å². The molecule has 0 amide bonds. The van der Waals surface area contributed by atoms with E-state index in [1.165, 1.54) is 23.5 Å². The van der Waals surface area contributed by atoms with Crippen molar-refractivity contribution < 1.29 is 9.18 Å². The molecule has 0 bridgehead atoms. The van der Waals surface area contributed by atoms with Gasteiger partial charge >= 0.3 is 0 Å². The van der Waals surface area contributed by atoms with E-state index in [0.717, 1.165) is 9.86 Å². The Hall–Kier alpha value is -1.46. The third-order valence-corrected chi connectivity index (χ3v) is 4.55. The van der Waals surface area contributed by atoms with E-state index < -0.39 is 0 Å². The van der Waals surface area contributed by atoms with Crippen LogP contribution in [0.2, 0.25) is 0 Å². The number of benzene rings is 1. The molecular formula is C13H7BrFNOS. The second-order valence-electron chi connectivity index (χ2n) is 3.82. The number of carbonyl (C=O) groups is 1. The molecule has 2 heterocycles. The topological polar surface area (TPSA) is 32.9 Å². The van der Waals surface area contributed by atoms with Gasteiger partial charge in [-0.15, -0.1) is 11.3 Å². The lowest BCUT2D eigenvalue weighted by atomic mass is 10.1. The van der Waals surface area contributed by atoms with Crippen LogP contribution in [0.5, 0.6) is 0 Å². The van der Waals surface area contributed by atoms with Crippen LogP contribution in [-0.4, -0.2) is 10.8 Å². The van der Waals surface area contributed by atoms with Crippen molar-refractivity contribution in [1.82, 2.24) is 4.98 Å². The van der Waals surface area contributed by atoms with E-state index in [9.17, 15) is 9.18 Å². The first-order valence-electron chi connectivity index (χ1n) is 5.21. The number of aromatic amines is 1. The summed E-state index contributed by atoms with van der Waals surface area (Å²) in [4.78, 5) is 15.9. The molecule has 1 N–H and O–H groups in total. The van der Waals surface area contributed by atoms with Crippen LogP contribution >= 0.6 is 27.3 Å². The monoisotopic (exact) mass is 323 g/mol. The van der Waals surface area contributed by atoms with Gasteiger partial charge < -0.3 is 4.98 Å². The molecule has 3 aromatic rings. The van der Waals surface area contributed by atoms with Crippen LogP contribution < -0.4 is 0 Å². The van der Waals surface area contributed by atoms with E-state index in [1.807, 2.05) is 11.4 Å². The average Bonchev–Trinajstić information content (AvgIpc) is 2.94. The summed E-state index contributed by atoms with van der Waals surface area (Å²) in [5, 5.41) is 2.59. The van der Waals surface area contributed by atoms with Crippen molar-refractivity contribution in [2.75, 3.05) is 0 Å². The molecule has 3 rings (SSSR count). The Balaban J connectivity index is 2.16. The predicted molar refractivity (Wildman–Crippen MR) is 73.7 cm³/mol. The summed E-state index contributed by atoms with van der Waals surface area (Å²) in [6.07, 6.45) is 1.62. The minimum absolute atomic E-state index is 0.0604. The van der Waals surface area contributed by atoms with E-state index in [1.54, 1.807) is 12.3 Å². The average molecular weight is 324 g/mol. The van der Waals surface area contributed by atoms with Crippen LogP contribution in [0.4, 0.5) is 4.39 Å². The van der Waals surface area contributed by atoms with Gasteiger partial charge in [0.15, 0.2) is 0 Å². The number of thiophene rings is 1. The van der Waals surface area contributed by atoms with Crippen molar-refractivity contribution in [3.05, 3.63) is 56.6 Å². The fraction of sp³-hybridized carbons (Fsp3) is 0. The SMILES string of the molecule is O=C(c1sccc1Br)c1c[nH]c2cc(F)ccc12. The van der Waals surface area contributed by atoms with Gasteiger partial charge in [0.2, 0.25) is 5.78 Å². The fourth-order valence-corrected chi connectivity index (χ4v) is 3.37. The van der Waals surface area contributed by atoms with Crippen LogP contribution in [0.15, 0.2) is 40.3 Å². The summed E-state index contributed by atoms with van der Waals surface area (Å²) in [5.74, 6) is -0.379. The maximum Gasteiger partial charge on any atom is 0.206 e. The van der Waals surface area contributed by atoms with Crippen molar-refractivity contribution in [3.63, 3.8) is 0 Å². The van der Waals surface area contributed by atoms with Crippen molar-refractivity contribution in [2.45, 2.75) is 0 Å². The molecule has 0 atom stereocenters. The second kappa shape index (κ2) is 4.33. The molecule has 0 aliphatic rings. The zero-order valence-corrected chi connectivity index (χ0v) is 11.4. The second-order valence-corrected chi connectivity index (χ2v) is 5.59. The van der Waals surface area contributed by atoms with Crippen molar-refractivity contribution in [1.29, 1.82) is 0 Å². The summed E-state index contributed by atoms with van der Waals surface area (Å²) in [6, 6.07) is 6.20. The summed E-state index contributed by atoms with van der Waals surface area (Å²) >= 11 is 4.73. The Morgan fingerprint density at radius 1 is 1.33 bits per heavy atom. The Morgan fingerprint density at radius 3 is 2.89 bits per heavy atom. The molecule has 0 unspecified atom stereocenters. The molecule has 18 heavy (non-hydrogen) atoms. The smallest absolute Gasteiger partial charge is 0.206 e. The van der Waals surface area contributed by atoms with Gasteiger partial charge in [-0.25, -0.2) is 4.39 Å². The van der Waals surface area contributed by atoms with E-state index in [0.29, 0.717) is 16.0 Å². The molecule has 2 nitrogen and oxygen atoms in total. The lowest BCUT2D eigenvalue weighted by Gasteiger charge is -1.97. The van der Waals surface area contributed by atoms with Crippen LogP contribution in [0.1, 0.15) is 15.2 Å². The molecular weight excluding hydrogens is 317 g/mol. The number of ketones is 1. The third-order valence-electron chi connectivity index (χ3n) is 2.71. The summed E-state index contributed by atoms with van der Waals surface area (Å²) in [5.41, 5.74) is 1.19. The first-order chi connectivity index (χ1) is 8.66. The highest BCUT2D eigenvalue weighted by molar-refractivity contribution is 9.10. The van der Waals surface area contributed by atoms with Crippen LogP contribution in [0, 0.1) is 5.82 Å². The van der Waals surface area contributed by atoms with Gasteiger partial charge in [0.1, 0.15) is 5.82 Å². The van der Waals surface area contributed by atoms with E-state index in [4.69, 9.17) is 0 Å². The van der Waals surface area contributed by atoms with E-state index in [2.05, 4.69) is 20.9 Å².